The average molecular weight is 247 g/mol. The third-order valence-corrected chi connectivity index (χ3v) is 3.76. The molecular formula is C13H13NO2S. The second-order valence-electron chi connectivity index (χ2n) is 3.61. The van der Waals surface area contributed by atoms with Gasteiger partial charge < -0.3 is 9.87 Å². The molecule has 1 atom stereocenters. The number of rotatable bonds is 2. The summed E-state index contributed by atoms with van der Waals surface area (Å²) in [4.78, 5) is 11.8. The predicted octanol–water partition coefficient (Wildman–Crippen LogP) is 1.46. The van der Waals surface area contributed by atoms with Crippen molar-refractivity contribution >= 4 is 23.2 Å². The Balaban J connectivity index is 2.09. The molecule has 0 aromatic heterocycles. The maximum absolute atomic E-state index is 11.6. The maximum atomic E-state index is 11.6. The Kier molecular flexibility index (Phi) is 4.01. The van der Waals surface area contributed by atoms with E-state index < -0.39 is 11.2 Å². The van der Waals surface area contributed by atoms with Crippen molar-refractivity contribution in [3.63, 3.8) is 0 Å². The third-order valence-electron chi connectivity index (χ3n) is 2.38. The highest BCUT2D eigenvalue weighted by Gasteiger charge is 2.26. The molecule has 1 aromatic rings. The fourth-order valence-electron chi connectivity index (χ4n) is 1.52. The minimum atomic E-state index is -1.17. The Labute approximate surface area is 103 Å². The van der Waals surface area contributed by atoms with Crippen molar-refractivity contribution in [3.8, 4) is 0 Å². The molecule has 1 unspecified atom stereocenters. The number of allylic oxidation sites excluding steroid dienone is 2. The fraction of sp³-hybridized carbons (Fsp3) is 0.154. The zero-order chi connectivity index (χ0) is 12.1. The SMILES string of the molecule is O=C1NCC[S+]([O-])C1=CC=Cc1ccccc1. The van der Waals surface area contributed by atoms with E-state index in [9.17, 15) is 9.35 Å². The van der Waals surface area contributed by atoms with Crippen LogP contribution in [0.1, 0.15) is 5.56 Å². The Hall–Kier alpha value is -1.52. The first-order valence-corrected chi connectivity index (χ1v) is 6.69. The molecule has 0 radical (unpaired) electrons. The molecule has 88 valence electrons. The Morgan fingerprint density at radius 1 is 1.29 bits per heavy atom. The van der Waals surface area contributed by atoms with Crippen LogP contribution in [0.2, 0.25) is 0 Å². The zero-order valence-corrected chi connectivity index (χ0v) is 10.1. The normalized spacial score (nSPS) is 23.0. The largest absolute Gasteiger partial charge is 0.611 e. The van der Waals surface area contributed by atoms with Gasteiger partial charge in [0, 0.05) is 0 Å². The van der Waals surface area contributed by atoms with E-state index in [0.29, 0.717) is 17.2 Å². The molecule has 0 saturated carbocycles. The van der Waals surface area contributed by atoms with E-state index in [0.717, 1.165) is 5.56 Å². The monoisotopic (exact) mass is 247 g/mol. The first-order valence-electron chi connectivity index (χ1n) is 5.37. The average Bonchev–Trinajstić information content (AvgIpc) is 2.34. The van der Waals surface area contributed by atoms with Crippen molar-refractivity contribution in [3.05, 3.63) is 53.0 Å². The van der Waals surface area contributed by atoms with Gasteiger partial charge in [-0.2, -0.15) is 0 Å². The summed E-state index contributed by atoms with van der Waals surface area (Å²) in [5.41, 5.74) is 1.05. The molecule has 1 saturated heterocycles. The van der Waals surface area contributed by atoms with E-state index in [4.69, 9.17) is 0 Å². The highest BCUT2D eigenvalue weighted by atomic mass is 32.2. The molecule has 2 rings (SSSR count). The first-order chi connectivity index (χ1) is 8.27. The smallest absolute Gasteiger partial charge is 0.299 e. The quantitative estimate of drug-likeness (QED) is 0.635. The van der Waals surface area contributed by atoms with Gasteiger partial charge in [0.1, 0.15) is 5.75 Å². The summed E-state index contributed by atoms with van der Waals surface area (Å²) in [7, 11) is 0. The third kappa shape index (κ3) is 3.22. The van der Waals surface area contributed by atoms with Crippen LogP contribution >= 0.6 is 0 Å². The van der Waals surface area contributed by atoms with E-state index in [1.807, 2.05) is 36.4 Å². The molecule has 1 heterocycles. The van der Waals surface area contributed by atoms with Crippen molar-refractivity contribution < 1.29 is 9.35 Å². The van der Waals surface area contributed by atoms with Crippen LogP contribution in [0.15, 0.2) is 47.4 Å². The van der Waals surface area contributed by atoms with Gasteiger partial charge in [0.05, 0.1) is 6.54 Å². The van der Waals surface area contributed by atoms with Crippen LogP contribution in [0.3, 0.4) is 0 Å². The molecule has 0 bridgehead atoms. The molecule has 1 aromatic carbocycles. The summed E-state index contributed by atoms with van der Waals surface area (Å²) < 4.78 is 11.6. The van der Waals surface area contributed by atoms with Crippen molar-refractivity contribution in [1.82, 2.24) is 5.32 Å². The van der Waals surface area contributed by atoms with Crippen molar-refractivity contribution in [2.75, 3.05) is 12.3 Å². The lowest BCUT2D eigenvalue weighted by atomic mass is 10.2. The standard InChI is InChI=1S/C13H13NO2S/c15-13-12(17(16)10-9-14-13)8-4-7-11-5-2-1-3-6-11/h1-8H,9-10H2,(H,14,15). The van der Waals surface area contributed by atoms with Crippen molar-refractivity contribution in [2.45, 2.75) is 0 Å². The number of carbonyl (C=O) groups is 1. The summed E-state index contributed by atoms with van der Waals surface area (Å²) >= 11 is -1.17. The second kappa shape index (κ2) is 5.70. The van der Waals surface area contributed by atoms with Gasteiger partial charge in [0.15, 0.2) is 0 Å². The van der Waals surface area contributed by atoms with Crippen molar-refractivity contribution in [2.24, 2.45) is 0 Å². The van der Waals surface area contributed by atoms with Gasteiger partial charge >= 0.3 is 0 Å². The maximum Gasteiger partial charge on any atom is 0.299 e. The molecule has 1 aliphatic rings. The fourth-order valence-corrected chi connectivity index (χ4v) is 2.54. The van der Waals surface area contributed by atoms with Gasteiger partial charge in [-0.15, -0.1) is 0 Å². The van der Waals surface area contributed by atoms with Crippen molar-refractivity contribution in [1.29, 1.82) is 0 Å². The minimum Gasteiger partial charge on any atom is -0.611 e. The van der Waals surface area contributed by atoms with Gasteiger partial charge in [0.2, 0.25) is 4.91 Å². The molecule has 1 fully saturated rings. The van der Waals surface area contributed by atoms with Crippen LogP contribution < -0.4 is 5.32 Å². The topological polar surface area (TPSA) is 52.2 Å². The summed E-state index contributed by atoms with van der Waals surface area (Å²) in [6, 6.07) is 9.76. The molecule has 1 amide bonds. The second-order valence-corrected chi connectivity index (χ2v) is 5.15. The lowest BCUT2D eigenvalue weighted by Crippen LogP contribution is -2.39. The minimum absolute atomic E-state index is 0.229. The van der Waals surface area contributed by atoms with Crippen LogP contribution in [0.4, 0.5) is 0 Å². The number of benzene rings is 1. The van der Waals surface area contributed by atoms with Gasteiger partial charge in [-0.25, -0.2) is 0 Å². The van der Waals surface area contributed by atoms with E-state index >= 15 is 0 Å². The summed E-state index contributed by atoms with van der Waals surface area (Å²) in [6.07, 6.45) is 5.26. The lowest BCUT2D eigenvalue weighted by molar-refractivity contribution is -0.116. The molecule has 0 aliphatic carbocycles. The van der Waals surface area contributed by atoms with E-state index in [1.54, 1.807) is 12.2 Å². The van der Waals surface area contributed by atoms with Gasteiger partial charge in [-0.1, -0.05) is 42.5 Å². The predicted molar refractivity (Wildman–Crippen MR) is 69.6 cm³/mol. The molecule has 1 aliphatic heterocycles. The number of nitrogens with one attached hydrogen (secondary N) is 1. The molecule has 3 nitrogen and oxygen atoms in total. The number of amides is 1. The molecule has 1 N–H and O–H groups in total. The van der Waals surface area contributed by atoms with Crippen LogP contribution in [0, 0.1) is 0 Å². The van der Waals surface area contributed by atoms with Crippen LogP contribution in [0.25, 0.3) is 6.08 Å². The molecule has 0 spiro atoms. The van der Waals surface area contributed by atoms with E-state index in [-0.39, 0.29) is 5.91 Å². The highest BCUT2D eigenvalue weighted by Crippen LogP contribution is 2.12. The molecule has 4 heteroatoms. The summed E-state index contributed by atoms with van der Waals surface area (Å²) in [6.45, 7) is 0.491. The van der Waals surface area contributed by atoms with Crippen LogP contribution in [-0.2, 0) is 16.0 Å². The number of carbonyl (C=O) groups excluding carboxylic acids is 1. The Morgan fingerprint density at radius 3 is 2.76 bits per heavy atom. The summed E-state index contributed by atoms with van der Waals surface area (Å²) in [5, 5.41) is 2.68. The molecule has 17 heavy (non-hydrogen) atoms. The zero-order valence-electron chi connectivity index (χ0n) is 9.26. The number of hydrogen-bond acceptors (Lipinski definition) is 2. The van der Waals surface area contributed by atoms with Crippen LogP contribution in [0.5, 0.6) is 0 Å². The number of hydrogen-bond donors (Lipinski definition) is 1. The van der Waals surface area contributed by atoms with Gasteiger partial charge in [-0.05, 0) is 22.8 Å². The highest BCUT2D eigenvalue weighted by molar-refractivity contribution is 7.96. The van der Waals surface area contributed by atoms with Gasteiger partial charge in [-0.3, -0.25) is 4.79 Å². The Bertz CT molecular complexity index is 454. The van der Waals surface area contributed by atoms with E-state index in [2.05, 4.69) is 5.32 Å². The first kappa shape index (κ1) is 12.0. The lowest BCUT2D eigenvalue weighted by Gasteiger charge is -2.18. The van der Waals surface area contributed by atoms with E-state index in [1.165, 1.54) is 0 Å². The van der Waals surface area contributed by atoms with Crippen LogP contribution in [-0.4, -0.2) is 22.8 Å². The molecular weight excluding hydrogens is 234 g/mol. The van der Waals surface area contributed by atoms with Gasteiger partial charge in [0.25, 0.3) is 5.91 Å². The summed E-state index contributed by atoms with van der Waals surface area (Å²) in [5.74, 6) is 0.267. The Morgan fingerprint density at radius 2 is 2.06 bits per heavy atom.